The summed E-state index contributed by atoms with van der Waals surface area (Å²) in [6.45, 7) is 2.08. The van der Waals surface area contributed by atoms with Crippen molar-refractivity contribution in [1.82, 2.24) is 15.0 Å². The van der Waals surface area contributed by atoms with Crippen molar-refractivity contribution in [2.24, 2.45) is 0 Å². The van der Waals surface area contributed by atoms with E-state index in [9.17, 15) is 4.79 Å². The van der Waals surface area contributed by atoms with E-state index in [1.807, 2.05) is 24.3 Å². The molecular formula is C18H19N5O2S2. The predicted octanol–water partition coefficient (Wildman–Crippen LogP) is 3.43. The molecule has 1 aliphatic rings. The number of nitrogens with one attached hydrogen (secondary N) is 1. The summed E-state index contributed by atoms with van der Waals surface area (Å²) in [6, 6.07) is 7.26. The lowest BCUT2D eigenvalue weighted by molar-refractivity contribution is -0.113. The molecule has 1 amide bonds. The van der Waals surface area contributed by atoms with Gasteiger partial charge in [-0.3, -0.25) is 4.79 Å². The molecule has 0 bridgehead atoms. The Balaban J connectivity index is 1.42. The average molecular weight is 402 g/mol. The minimum atomic E-state index is -0.0822. The lowest BCUT2D eigenvalue weighted by Gasteiger charge is -2.11. The maximum Gasteiger partial charge on any atom is 0.234 e. The summed E-state index contributed by atoms with van der Waals surface area (Å²) >= 11 is 3.01. The number of ether oxygens (including phenoxy) is 1. The Morgan fingerprint density at radius 3 is 2.78 bits per heavy atom. The van der Waals surface area contributed by atoms with Gasteiger partial charge in [-0.2, -0.15) is 4.98 Å². The minimum Gasteiger partial charge on any atom is -0.497 e. The summed E-state index contributed by atoms with van der Waals surface area (Å²) in [5.74, 6) is 0.945. The number of thiazole rings is 1. The highest BCUT2D eigenvalue weighted by Gasteiger charge is 2.19. The number of amides is 1. The molecule has 7 nitrogen and oxygen atoms in total. The Labute approximate surface area is 165 Å². The Morgan fingerprint density at radius 1 is 1.26 bits per heavy atom. The molecular weight excluding hydrogens is 382 g/mol. The van der Waals surface area contributed by atoms with Crippen LogP contribution in [0, 0.1) is 0 Å². The van der Waals surface area contributed by atoms with E-state index in [1.54, 1.807) is 18.4 Å². The zero-order valence-electron chi connectivity index (χ0n) is 14.8. The predicted molar refractivity (Wildman–Crippen MR) is 109 cm³/mol. The lowest BCUT2D eigenvalue weighted by Crippen LogP contribution is -2.16. The van der Waals surface area contributed by atoms with Crippen LogP contribution in [0.1, 0.15) is 12.8 Å². The Kier molecular flexibility index (Phi) is 5.40. The van der Waals surface area contributed by atoms with Crippen molar-refractivity contribution >= 4 is 50.2 Å². The van der Waals surface area contributed by atoms with Gasteiger partial charge in [0, 0.05) is 18.8 Å². The van der Waals surface area contributed by atoms with E-state index in [-0.39, 0.29) is 11.7 Å². The smallest absolute Gasteiger partial charge is 0.234 e. The van der Waals surface area contributed by atoms with Gasteiger partial charge in [0.1, 0.15) is 21.8 Å². The first kappa shape index (κ1) is 18.0. The maximum atomic E-state index is 12.3. The van der Waals surface area contributed by atoms with E-state index in [2.05, 4.69) is 25.2 Å². The molecule has 3 aromatic rings. The number of fused-ring (bicyclic) bond motifs is 1. The molecule has 9 heteroatoms. The van der Waals surface area contributed by atoms with Crippen LogP contribution in [0.2, 0.25) is 0 Å². The van der Waals surface area contributed by atoms with E-state index < -0.39 is 0 Å². The maximum absolute atomic E-state index is 12.3. The Morgan fingerprint density at radius 2 is 2.04 bits per heavy atom. The zero-order valence-corrected chi connectivity index (χ0v) is 16.5. The summed E-state index contributed by atoms with van der Waals surface area (Å²) in [4.78, 5) is 27.8. The van der Waals surface area contributed by atoms with Crippen molar-refractivity contribution in [2.75, 3.05) is 36.2 Å². The summed E-state index contributed by atoms with van der Waals surface area (Å²) < 4.78 is 6.07. The second-order valence-electron chi connectivity index (χ2n) is 6.09. The lowest BCUT2D eigenvalue weighted by atomic mass is 10.3. The average Bonchev–Trinajstić information content (AvgIpc) is 3.36. The van der Waals surface area contributed by atoms with Crippen molar-refractivity contribution in [3.8, 4) is 5.75 Å². The van der Waals surface area contributed by atoms with Crippen molar-refractivity contribution in [3.63, 3.8) is 0 Å². The summed E-state index contributed by atoms with van der Waals surface area (Å²) in [5, 5.41) is 4.67. The first-order valence-electron chi connectivity index (χ1n) is 8.66. The molecule has 2 aromatic heterocycles. The van der Waals surface area contributed by atoms with Gasteiger partial charge >= 0.3 is 0 Å². The number of benzene rings is 1. The molecule has 140 valence electrons. The number of carbonyl (C=O) groups is 1. The third-order valence-electron chi connectivity index (χ3n) is 4.24. The molecule has 3 heterocycles. The molecule has 0 atom stereocenters. The highest BCUT2D eigenvalue weighted by Crippen LogP contribution is 2.34. The standard InChI is InChI=1S/C18H19N5O2S2/c1-25-13-6-4-12(5-7-13)21-14(24)10-26-17-15-16(19-11-20-17)22-18(27-15)23-8-2-3-9-23/h4-7,11H,2-3,8-10H2,1H3,(H,21,24). The third kappa shape index (κ3) is 4.14. The molecule has 1 aromatic carbocycles. The molecule has 1 saturated heterocycles. The van der Waals surface area contributed by atoms with Crippen LogP contribution in [-0.4, -0.2) is 46.8 Å². The van der Waals surface area contributed by atoms with Gasteiger partial charge in [0.25, 0.3) is 0 Å². The number of thioether (sulfide) groups is 1. The molecule has 1 aliphatic heterocycles. The molecule has 1 N–H and O–H groups in total. The largest absolute Gasteiger partial charge is 0.497 e. The van der Waals surface area contributed by atoms with Gasteiger partial charge in [-0.15, -0.1) is 0 Å². The monoisotopic (exact) mass is 401 g/mol. The van der Waals surface area contributed by atoms with Crippen LogP contribution in [0.5, 0.6) is 5.75 Å². The second kappa shape index (κ2) is 8.10. The normalized spacial score (nSPS) is 13.9. The second-order valence-corrected chi connectivity index (χ2v) is 8.03. The van der Waals surface area contributed by atoms with E-state index >= 15 is 0 Å². The van der Waals surface area contributed by atoms with Crippen LogP contribution in [-0.2, 0) is 4.79 Å². The Hall–Kier alpha value is -2.39. The van der Waals surface area contributed by atoms with Gasteiger partial charge < -0.3 is 15.0 Å². The van der Waals surface area contributed by atoms with E-state index in [0.29, 0.717) is 5.65 Å². The summed E-state index contributed by atoms with van der Waals surface area (Å²) in [7, 11) is 1.61. The van der Waals surface area contributed by atoms with Gasteiger partial charge in [0.05, 0.1) is 12.9 Å². The van der Waals surface area contributed by atoms with Crippen LogP contribution >= 0.6 is 23.1 Å². The SMILES string of the molecule is COc1ccc(NC(=O)CSc2ncnc3nc(N4CCCC4)sc23)cc1. The zero-order chi connectivity index (χ0) is 18.6. The third-order valence-corrected chi connectivity index (χ3v) is 6.47. The first-order valence-corrected chi connectivity index (χ1v) is 10.5. The van der Waals surface area contributed by atoms with Gasteiger partial charge in [0.2, 0.25) is 5.91 Å². The van der Waals surface area contributed by atoms with Gasteiger partial charge in [-0.1, -0.05) is 23.1 Å². The highest BCUT2D eigenvalue weighted by atomic mass is 32.2. The van der Waals surface area contributed by atoms with Crippen molar-refractivity contribution in [3.05, 3.63) is 30.6 Å². The van der Waals surface area contributed by atoms with Crippen LogP contribution in [0.4, 0.5) is 10.8 Å². The van der Waals surface area contributed by atoms with E-state index in [4.69, 9.17) is 4.74 Å². The van der Waals surface area contributed by atoms with E-state index in [0.717, 1.165) is 39.4 Å². The molecule has 0 radical (unpaired) electrons. The quantitative estimate of drug-likeness (QED) is 0.501. The number of hydrogen-bond donors (Lipinski definition) is 1. The number of methoxy groups -OCH3 is 1. The molecule has 4 rings (SSSR count). The molecule has 0 unspecified atom stereocenters. The number of hydrogen-bond acceptors (Lipinski definition) is 8. The first-order chi connectivity index (χ1) is 13.2. The van der Waals surface area contributed by atoms with Crippen LogP contribution in [0.15, 0.2) is 35.6 Å². The fourth-order valence-electron chi connectivity index (χ4n) is 2.87. The summed E-state index contributed by atoms with van der Waals surface area (Å²) in [6.07, 6.45) is 3.92. The van der Waals surface area contributed by atoms with Gasteiger partial charge in [-0.05, 0) is 37.1 Å². The molecule has 0 saturated carbocycles. The molecule has 1 fully saturated rings. The Bertz CT molecular complexity index is 939. The molecule has 0 spiro atoms. The van der Waals surface area contributed by atoms with E-state index in [1.165, 1.54) is 30.9 Å². The molecule has 0 aliphatic carbocycles. The van der Waals surface area contributed by atoms with Crippen LogP contribution in [0.3, 0.4) is 0 Å². The fourth-order valence-corrected chi connectivity index (χ4v) is 4.82. The van der Waals surface area contributed by atoms with Crippen LogP contribution < -0.4 is 15.0 Å². The van der Waals surface area contributed by atoms with Crippen molar-refractivity contribution in [1.29, 1.82) is 0 Å². The summed E-state index contributed by atoms with van der Waals surface area (Å²) in [5.41, 5.74) is 1.44. The van der Waals surface area contributed by atoms with Crippen LogP contribution in [0.25, 0.3) is 10.3 Å². The van der Waals surface area contributed by atoms with Gasteiger partial charge in [-0.25, -0.2) is 9.97 Å². The van der Waals surface area contributed by atoms with Gasteiger partial charge in [0.15, 0.2) is 10.8 Å². The molecule has 27 heavy (non-hydrogen) atoms. The number of aromatic nitrogens is 3. The number of carbonyl (C=O) groups excluding carboxylic acids is 1. The number of nitrogens with zero attached hydrogens (tertiary/aromatic N) is 4. The van der Waals surface area contributed by atoms with Crippen molar-refractivity contribution in [2.45, 2.75) is 17.9 Å². The minimum absolute atomic E-state index is 0.0822. The number of rotatable bonds is 6. The topological polar surface area (TPSA) is 80.2 Å². The van der Waals surface area contributed by atoms with Crippen molar-refractivity contribution < 1.29 is 9.53 Å². The fraction of sp³-hybridized carbons (Fsp3) is 0.333. The number of anilines is 2. The highest BCUT2D eigenvalue weighted by molar-refractivity contribution is 8.00.